The summed E-state index contributed by atoms with van der Waals surface area (Å²) in [4.78, 5) is 34.8. The Morgan fingerprint density at radius 3 is 2.21 bits per heavy atom. The minimum Gasteiger partial charge on any atom is -0.478 e. The second kappa shape index (κ2) is 13.0. The van der Waals surface area contributed by atoms with Crippen LogP contribution in [0.15, 0.2) is 36.5 Å². The molecule has 4 N–H and O–H groups in total. The second-order valence-electron chi connectivity index (χ2n) is 12.1. The van der Waals surface area contributed by atoms with Crippen molar-refractivity contribution >= 4 is 38.8 Å². The normalized spacial score (nSPS) is 26.0. The monoisotopic (exact) mass is 602 g/mol. The Kier molecular flexibility index (Phi) is 9.79. The fraction of sp³-hybridized carbons (Fsp3) is 0.567. The molecule has 1 amide bonds. The van der Waals surface area contributed by atoms with E-state index in [1.807, 2.05) is 0 Å². The minimum absolute atomic E-state index is 0.0141. The van der Waals surface area contributed by atoms with Gasteiger partial charge in [-0.1, -0.05) is 12.1 Å². The summed E-state index contributed by atoms with van der Waals surface area (Å²) >= 11 is 0. The Hall–Kier alpha value is -3.22. The van der Waals surface area contributed by atoms with Crippen molar-refractivity contribution in [3.05, 3.63) is 47.7 Å². The van der Waals surface area contributed by atoms with Gasteiger partial charge in [-0.15, -0.1) is 0 Å². The van der Waals surface area contributed by atoms with Crippen molar-refractivity contribution in [1.29, 1.82) is 0 Å². The van der Waals surface area contributed by atoms with Crippen molar-refractivity contribution in [2.45, 2.75) is 82.5 Å². The molecular formula is C30H42N4O7S. The topological polar surface area (TPSA) is 158 Å². The summed E-state index contributed by atoms with van der Waals surface area (Å²) < 4.78 is 28.1. The van der Waals surface area contributed by atoms with Crippen LogP contribution in [0.4, 0.5) is 0 Å². The molecule has 42 heavy (non-hydrogen) atoms. The van der Waals surface area contributed by atoms with Gasteiger partial charge in [0, 0.05) is 65.9 Å². The summed E-state index contributed by atoms with van der Waals surface area (Å²) in [6.45, 7) is 5.25. The van der Waals surface area contributed by atoms with Crippen LogP contribution in [0.5, 0.6) is 0 Å². The van der Waals surface area contributed by atoms with E-state index < -0.39 is 22.0 Å². The van der Waals surface area contributed by atoms with Crippen LogP contribution in [-0.4, -0.2) is 83.9 Å². The van der Waals surface area contributed by atoms with Crippen molar-refractivity contribution in [2.24, 2.45) is 5.92 Å². The van der Waals surface area contributed by atoms with Crippen molar-refractivity contribution in [3.63, 3.8) is 0 Å². The first kappa shape index (κ1) is 31.7. The number of nitrogens with one attached hydrogen (secondary N) is 2. The molecule has 230 valence electrons. The average Bonchev–Trinajstić information content (AvgIpc) is 3.29. The lowest BCUT2D eigenvalue weighted by Gasteiger charge is -2.45. The molecule has 0 bridgehead atoms. The van der Waals surface area contributed by atoms with Crippen LogP contribution in [-0.2, 0) is 30.8 Å². The molecule has 0 unspecified atom stereocenters. The highest BCUT2D eigenvalue weighted by molar-refractivity contribution is 7.88. The fourth-order valence-corrected chi connectivity index (χ4v) is 7.65. The predicted octanol–water partition coefficient (Wildman–Crippen LogP) is 2.87. The lowest BCUT2D eigenvalue weighted by atomic mass is 9.72. The maximum absolute atomic E-state index is 13.3. The van der Waals surface area contributed by atoms with Crippen molar-refractivity contribution < 1.29 is 33.0 Å². The molecule has 3 aliphatic rings. The molecule has 1 saturated heterocycles. The van der Waals surface area contributed by atoms with E-state index in [0.29, 0.717) is 30.2 Å². The van der Waals surface area contributed by atoms with Crippen molar-refractivity contribution in [3.8, 4) is 0 Å². The number of likely N-dealkylation sites (N-methyl/N-ethyl adjacent to an activating group) is 1. The van der Waals surface area contributed by atoms with Crippen LogP contribution >= 0.6 is 0 Å². The van der Waals surface area contributed by atoms with Gasteiger partial charge in [-0.25, -0.2) is 22.7 Å². The first-order chi connectivity index (χ1) is 19.7. The zero-order valence-corrected chi connectivity index (χ0v) is 25.4. The third-order valence-corrected chi connectivity index (χ3v) is 9.39. The molecule has 2 heterocycles. The Morgan fingerprint density at radius 2 is 1.64 bits per heavy atom. The van der Waals surface area contributed by atoms with Crippen molar-refractivity contribution in [1.82, 2.24) is 19.5 Å². The molecule has 2 aromatic rings. The van der Waals surface area contributed by atoms with E-state index in [0.717, 1.165) is 45.1 Å². The number of carboxylic acids is 2. The standard InChI is InChI=1S/C26H38N4O3S.C4H4O4/c1-16(2)30-15-17-13-24-22(21-6-5-7-23(30)25(17)21)12-18(14-29(24)3)26(31)27-19-8-10-20(11-9-19)28-34(4,32)33;5-3(6)1-2-4(7)8/h5-7,15-16,18-20,22,24,28H,8-14H2,1-4H3,(H,27,31);1-2H,(H,5,6)(H,7,8)/b;2-1-/t18-,19-,20-,22-,24-;/m1./s1. The summed E-state index contributed by atoms with van der Waals surface area (Å²) in [6.07, 6.45) is 9.77. The fourth-order valence-electron chi connectivity index (χ4n) is 6.81. The maximum atomic E-state index is 13.3. The van der Waals surface area contributed by atoms with Gasteiger partial charge in [-0.3, -0.25) is 4.79 Å². The largest absolute Gasteiger partial charge is 0.478 e. The molecule has 5 rings (SSSR count). The van der Waals surface area contributed by atoms with E-state index in [-0.39, 0.29) is 23.9 Å². The molecule has 1 aromatic carbocycles. The number of amides is 1. The molecular weight excluding hydrogens is 560 g/mol. The number of carboxylic acid groups (broad SMARTS) is 2. The number of aromatic nitrogens is 1. The number of sulfonamides is 1. The van der Waals surface area contributed by atoms with E-state index in [1.165, 1.54) is 28.3 Å². The molecule has 1 aliphatic heterocycles. The SMILES string of the molecule is CC(C)n1cc2c3c(cccc31)[C@H]1C[C@@H](C(=O)N[C@H]3CC[C@H](NS(C)(=O)=O)CC3)CN(C)[C@@H]1C2.O=C(O)/C=C\C(=O)O. The van der Waals surface area contributed by atoms with Crippen LogP contribution in [0.2, 0.25) is 0 Å². The maximum Gasteiger partial charge on any atom is 0.328 e. The number of hydrogen-bond acceptors (Lipinski definition) is 6. The van der Waals surface area contributed by atoms with Gasteiger partial charge in [0.25, 0.3) is 0 Å². The van der Waals surface area contributed by atoms with Gasteiger partial charge in [-0.05, 0) is 76.6 Å². The summed E-state index contributed by atoms with van der Waals surface area (Å²) in [6, 6.07) is 7.66. The van der Waals surface area contributed by atoms with Crippen LogP contribution < -0.4 is 10.0 Å². The molecule has 2 aliphatic carbocycles. The third kappa shape index (κ3) is 7.59. The molecule has 12 heteroatoms. The summed E-state index contributed by atoms with van der Waals surface area (Å²) in [7, 11) is -1.01. The Balaban J connectivity index is 0.000000446. The van der Waals surface area contributed by atoms with E-state index in [9.17, 15) is 22.8 Å². The van der Waals surface area contributed by atoms with Gasteiger partial charge >= 0.3 is 11.9 Å². The van der Waals surface area contributed by atoms with Gasteiger partial charge < -0.3 is 25.0 Å². The molecule has 0 radical (unpaired) electrons. The third-order valence-electron chi connectivity index (χ3n) is 8.62. The van der Waals surface area contributed by atoms with Crippen LogP contribution in [0, 0.1) is 5.92 Å². The van der Waals surface area contributed by atoms with Gasteiger partial charge in [0.05, 0.1) is 12.2 Å². The Labute approximate surface area is 247 Å². The highest BCUT2D eigenvalue weighted by atomic mass is 32.2. The van der Waals surface area contributed by atoms with Gasteiger partial charge in [-0.2, -0.15) is 0 Å². The first-order valence-corrected chi connectivity index (χ1v) is 16.4. The van der Waals surface area contributed by atoms with Crippen LogP contribution in [0.25, 0.3) is 10.9 Å². The smallest absolute Gasteiger partial charge is 0.328 e. The lowest BCUT2D eigenvalue weighted by molar-refractivity contribution is -0.134. The number of carbonyl (C=O) groups excluding carboxylic acids is 1. The molecule has 0 spiro atoms. The molecule has 11 nitrogen and oxygen atoms in total. The van der Waals surface area contributed by atoms with E-state index in [4.69, 9.17) is 10.2 Å². The average molecular weight is 603 g/mol. The van der Waals surface area contributed by atoms with E-state index in [2.05, 4.69) is 64.8 Å². The summed E-state index contributed by atoms with van der Waals surface area (Å²) in [5.41, 5.74) is 4.16. The Bertz CT molecular complexity index is 1440. The van der Waals surface area contributed by atoms with Crippen molar-refractivity contribution in [2.75, 3.05) is 19.8 Å². The Morgan fingerprint density at radius 1 is 1.02 bits per heavy atom. The molecule has 1 saturated carbocycles. The molecule has 2 fully saturated rings. The van der Waals surface area contributed by atoms with E-state index in [1.54, 1.807) is 0 Å². The lowest BCUT2D eigenvalue weighted by Crippen LogP contribution is -2.53. The zero-order valence-electron chi connectivity index (χ0n) is 24.6. The number of carbonyl (C=O) groups is 3. The number of rotatable bonds is 7. The number of piperidine rings is 1. The number of aliphatic carboxylic acids is 2. The number of benzene rings is 1. The van der Waals surface area contributed by atoms with Crippen LogP contribution in [0.3, 0.4) is 0 Å². The quantitative estimate of drug-likeness (QED) is 0.352. The first-order valence-electron chi connectivity index (χ1n) is 14.5. The second-order valence-corrected chi connectivity index (χ2v) is 13.9. The summed E-state index contributed by atoms with van der Waals surface area (Å²) in [5.74, 6) is -2.02. The van der Waals surface area contributed by atoms with Gasteiger partial charge in [0.15, 0.2) is 0 Å². The highest BCUT2D eigenvalue weighted by Crippen LogP contribution is 2.45. The molecule has 3 atom stereocenters. The van der Waals surface area contributed by atoms with Crippen LogP contribution in [0.1, 0.15) is 69.0 Å². The molecule has 1 aromatic heterocycles. The number of fused-ring (bicyclic) bond motifs is 2. The predicted molar refractivity (Wildman–Crippen MR) is 160 cm³/mol. The number of hydrogen-bond donors (Lipinski definition) is 4. The zero-order chi connectivity index (χ0) is 30.8. The van der Waals surface area contributed by atoms with Gasteiger partial charge in [0.2, 0.25) is 15.9 Å². The summed E-state index contributed by atoms with van der Waals surface area (Å²) in [5, 5.41) is 20.3. The number of nitrogens with zero attached hydrogens (tertiary/aromatic N) is 2. The van der Waals surface area contributed by atoms with Gasteiger partial charge in [0.1, 0.15) is 0 Å². The van der Waals surface area contributed by atoms with E-state index >= 15 is 0 Å². The minimum atomic E-state index is -3.18. The number of likely N-dealkylation sites (tertiary alicyclic amines) is 1. The highest BCUT2D eigenvalue weighted by Gasteiger charge is 2.42.